The first kappa shape index (κ1) is 14.7. The quantitative estimate of drug-likeness (QED) is 0.860. The number of carbonyl (C=O) groups excluding carboxylic acids is 1. The summed E-state index contributed by atoms with van der Waals surface area (Å²) < 4.78 is 14.5. The Morgan fingerprint density at radius 1 is 1.43 bits per heavy atom. The van der Waals surface area contributed by atoms with Gasteiger partial charge in [-0.1, -0.05) is 12.1 Å². The molecule has 7 heteroatoms. The average Bonchev–Trinajstić information content (AvgIpc) is 2.84. The minimum absolute atomic E-state index is 0.00329. The highest BCUT2D eigenvalue weighted by molar-refractivity contribution is 5.95. The predicted molar refractivity (Wildman–Crippen MR) is 72.2 cm³/mol. The maximum Gasteiger partial charge on any atom is 0.326 e. The number of halogens is 1. The number of aromatic nitrogens is 2. The highest BCUT2D eigenvalue weighted by Gasteiger charge is 2.22. The maximum absolute atomic E-state index is 13.1. The van der Waals surface area contributed by atoms with Crippen LogP contribution in [-0.2, 0) is 18.3 Å². The zero-order valence-electron chi connectivity index (χ0n) is 11.3. The number of carbonyl (C=O) groups is 2. The Hall–Kier alpha value is -2.70. The zero-order chi connectivity index (χ0) is 15.4. The SMILES string of the molecule is Cn1nccc1C(=O)NC(Cc1cccc(F)c1)C(=O)O. The number of rotatable bonds is 5. The minimum atomic E-state index is -1.19. The highest BCUT2D eigenvalue weighted by Crippen LogP contribution is 2.08. The lowest BCUT2D eigenvalue weighted by atomic mass is 10.1. The molecule has 0 spiro atoms. The van der Waals surface area contributed by atoms with Crippen LogP contribution in [-0.4, -0.2) is 32.8 Å². The Kier molecular flexibility index (Phi) is 4.32. The monoisotopic (exact) mass is 291 g/mol. The van der Waals surface area contributed by atoms with E-state index in [0.29, 0.717) is 5.56 Å². The average molecular weight is 291 g/mol. The smallest absolute Gasteiger partial charge is 0.326 e. The van der Waals surface area contributed by atoms with E-state index in [2.05, 4.69) is 10.4 Å². The molecular weight excluding hydrogens is 277 g/mol. The molecule has 1 atom stereocenters. The van der Waals surface area contributed by atoms with E-state index in [1.165, 1.54) is 35.1 Å². The van der Waals surface area contributed by atoms with Crippen molar-refractivity contribution in [3.8, 4) is 0 Å². The van der Waals surface area contributed by atoms with Crippen molar-refractivity contribution in [3.05, 3.63) is 53.6 Å². The number of amides is 1. The van der Waals surface area contributed by atoms with Crippen molar-refractivity contribution in [2.45, 2.75) is 12.5 Å². The van der Waals surface area contributed by atoms with Crippen LogP contribution >= 0.6 is 0 Å². The summed E-state index contributed by atoms with van der Waals surface area (Å²) in [6.45, 7) is 0. The number of benzene rings is 1. The van der Waals surface area contributed by atoms with E-state index in [-0.39, 0.29) is 12.1 Å². The van der Waals surface area contributed by atoms with Crippen molar-refractivity contribution < 1.29 is 19.1 Å². The number of carboxylic acids is 1. The van der Waals surface area contributed by atoms with Crippen LogP contribution in [0.2, 0.25) is 0 Å². The largest absolute Gasteiger partial charge is 0.480 e. The Morgan fingerprint density at radius 3 is 2.76 bits per heavy atom. The van der Waals surface area contributed by atoms with E-state index in [1.807, 2.05) is 0 Å². The molecule has 0 aliphatic rings. The molecule has 110 valence electrons. The molecule has 1 aromatic carbocycles. The second kappa shape index (κ2) is 6.17. The second-order valence-corrected chi connectivity index (χ2v) is 4.54. The summed E-state index contributed by atoms with van der Waals surface area (Å²) in [5, 5.41) is 15.4. The molecule has 1 aromatic heterocycles. The van der Waals surface area contributed by atoms with Crippen LogP contribution in [0, 0.1) is 5.82 Å². The number of nitrogens with zero attached hydrogens (tertiary/aromatic N) is 2. The first-order valence-electron chi connectivity index (χ1n) is 6.23. The first-order chi connectivity index (χ1) is 9.97. The summed E-state index contributed by atoms with van der Waals surface area (Å²) in [5.74, 6) is -2.18. The molecule has 1 heterocycles. The number of hydrogen-bond donors (Lipinski definition) is 2. The highest BCUT2D eigenvalue weighted by atomic mass is 19.1. The van der Waals surface area contributed by atoms with Gasteiger partial charge in [-0.15, -0.1) is 0 Å². The van der Waals surface area contributed by atoms with Gasteiger partial charge < -0.3 is 10.4 Å². The lowest BCUT2D eigenvalue weighted by Gasteiger charge is -2.14. The van der Waals surface area contributed by atoms with Crippen LogP contribution in [0.4, 0.5) is 4.39 Å². The van der Waals surface area contributed by atoms with Gasteiger partial charge in [0.2, 0.25) is 0 Å². The molecule has 2 rings (SSSR count). The lowest BCUT2D eigenvalue weighted by molar-refractivity contribution is -0.139. The molecule has 0 bridgehead atoms. The van der Waals surface area contributed by atoms with Gasteiger partial charge in [-0.05, 0) is 23.8 Å². The fourth-order valence-corrected chi connectivity index (χ4v) is 1.93. The van der Waals surface area contributed by atoms with Crippen LogP contribution in [0.25, 0.3) is 0 Å². The molecule has 0 aliphatic carbocycles. The predicted octanol–water partition coefficient (Wildman–Crippen LogP) is 0.985. The van der Waals surface area contributed by atoms with Crippen LogP contribution < -0.4 is 5.32 Å². The second-order valence-electron chi connectivity index (χ2n) is 4.54. The Labute approximate surface area is 120 Å². The fraction of sp³-hybridized carbons (Fsp3) is 0.214. The normalized spacial score (nSPS) is 11.9. The molecule has 21 heavy (non-hydrogen) atoms. The molecule has 2 aromatic rings. The van der Waals surface area contributed by atoms with Gasteiger partial charge in [0.15, 0.2) is 0 Å². The summed E-state index contributed by atoms with van der Waals surface area (Å²) >= 11 is 0. The van der Waals surface area contributed by atoms with Gasteiger partial charge in [0, 0.05) is 19.7 Å². The van der Waals surface area contributed by atoms with Crippen LogP contribution in [0.3, 0.4) is 0 Å². The number of carboxylic acid groups (broad SMARTS) is 1. The molecule has 0 radical (unpaired) electrons. The third-order valence-corrected chi connectivity index (χ3v) is 2.99. The zero-order valence-corrected chi connectivity index (χ0v) is 11.3. The first-order valence-corrected chi connectivity index (χ1v) is 6.23. The van der Waals surface area contributed by atoms with E-state index >= 15 is 0 Å². The molecular formula is C14H14FN3O3. The Morgan fingerprint density at radius 2 is 2.19 bits per heavy atom. The van der Waals surface area contributed by atoms with Gasteiger partial charge >= 0.3 is 5.97 Å². The summed E-state index contributed by atoms with van der Waals surface area (Å²) in [6, 6.07) is 5.95. The maximum atomic E-state index is 13.1. The van der Waals surface area contributed by atoms with Gasteiger partial charge in [0.1, 0.15) is 17.6 Å². The molecule has 0 saturated carbocycles. The topological polar surface area (TPSA) is 84.2 Å². The number of aliphatic carboxylic acids is 1. The van der Waals surface area contributed by atoms with Gasteiger partial charge in [-0.2, -0.15) is 5.10 Å². The molecule has 2 N–H and O–H groups in total. The van der Waals surface area contributed by atoms with Crippen molar-refractivity contribution in [2.75, 3.05) is 0 Å². The van der Waals surface area contributed by atoms with Crippen molar-refractivity contribution in [1.82, 2.24) is 15.1 Å². The summed E-state index contributed by atoms with van der Waals surface area (Å²) in [7, 11) is 1.58. The van der Waals surface area contributed by atoms with Gasteiger partial charge in [0.05, 0.1) is 0 Å². The van der Waals surface area contributed by atoms with E-state index in [0.717, 1.165) is 0 Å². The number of hydrogen-bond acceptors (Lipinski definition) is 3. The van der Waals surface area contributed by atoms with Gasteiger partial charge in [0.25, 0.3) is 5.91 Å². The Bertz CT molecular complexity index is 669. The van der Waals surface area contributed by atoms with Crippen molar-refractivity contribution in [2.24, 2.45) is 7.05 Å². The summed E-state index contributed by atoms with van der Waals surface area (Å²) in [5.41, 5.74) is 0.744. The van der Waals surface area contributed by atoms with Crippen molar-refractivity contribution >= 4 is 11.9 Å². The van der Waals surface area contributed by atoms with Crippen LogP contribution in [0.15, 0.2) is 36.5 Å². The van der Waals surface area contributed by atoms with Crippen molar-refractivity contribution in [3.63, 3.8) is 0 Å². The van der Waals surface area contributed by atoms with Gasteiger partial charge in [-0.25, -0.2) is 9.18 Å². The summed E-state index contributed by atoms with van der Waals surface area (Å²) in [4.78, 5) is 23.2. The lowest BCUT2D eigenvalue weighted by Crippen LogP contribution is -2.42. The van der Waals surface area contributed by atoms with Crippen molar-refractivity contribution in [1.29, 1.82) is 0 Å². The van der Waals surface area contributed by atoms with E-state index in [9.17, 15) is 19.1 Å². The number of aryl methyl sites for hydroxylation is 1. The number of nitrogens with one attached hydrogen (secondary N) is 1. The third kappa shape index (κ3) is 3.65. The molecule has 0 saturated heterocycles. The minimum Gasteiger partial charge on any atom is -0.480 e. The fourth-order valence-electron chi connectivity index (χ4n) is 1.93. The van der Waals surface area contributed by atoms with Crippen LogP contribution in [0.5, 0.6) is 0 Å². The van der Waals surface area contributed by atoms with Crippen LogP contribution in [0.1, 0.15) is 16.1 Å². The molecule has 0 aliphatic heterocycles. The van der Waals surface area contributed by atoms with E-state index in [1.54, 1.807) is 13.1 Å². The molecule has 6 nitrogen and oxygen atoms in total. The Balaban J connectivity index is 2.11. The molecule has 1 unspecified atom stereocenters. The molecule has 0 fully saturated rings. The summed E-state index contributed by atoms with van der Waals surface area (Å²) in [6.07, 6.45) is 1.44. The van der Waals surface area contributed by atoms with E-state index in [4.69, 9.17) is 0 Å². The van der Waals surface area contributed by atoms with Gasteiger partial charge in [-0.3, -0.25) is 9.48 Å². The standard InChI is InChI=1S/C14H14FN3O3/c1-18-12(5-6-16-18)13(19)17-11(14(20)21)8-9-3-2-4-10(15)7-9/h2-7,11H,8H2,1H3,(H,17,19)(H,20,21). The van der Waals surface area contributed by atoms with E-state index < -0.39 is 23.7 Å². The molecule has 1 amide bonds. The third-order valence-electron chi connectivity index (χ3n) is 2.99.